The van der Waals surface area contributed by atoms with E-state index < -0.39 is 17.4 Å². The van der Waals surface area contributed by atoms with E-state index in [2.05, 4.69) is 48.5 Å². The van der Waals surface area contributed by atoms with Crippen LogP contribution in [-0.4, -0.2) is 11.9 Å². The van der Waals surface area contributed by atoms with Crippen molar-refractivity contribution in [2.24, 2.45) is 0 Å². The quantitative estimate of drug-likeness (QED) is 0.152. The van der Waals surface area contributed by atoms with Crippen LogP contribution in [0.3, 0.4) is 0 Å². The van der Waals surface area contributed by atoms with E-state index in [1.807, 2.05) is 84.9 Å². The second-order valence-corrected chi connectivity index (χ2v) is 10.4. The molecular formula is C39H26O4. The third-order valence-corrected chi connectivity index (χ3v) is 7.97. The first-order chi connectivity index (χ1) is 21.1. The molecule has 6 aromatic carbocycles. The van der Waals surface area contributed by atoms with Crippen LogP contribution in [0.15, 0.2) is 158 Å². The molecule has 0 bridgehead atoms. The molecular weight excluding hydrogens is 532 g/mol. The van der Waals surface area contributed by atoms with Crippen molar-refractivity contribution in [3.63, 3.8) is 0 Å². The van der Waals surface area contributed by atoms with E-state index in [9.17, 15) is 9.59 Å². The van der Waals surface area contributed by atoms with Crippen molar-refractivity contribution in [1.82, 2.24) is 0 Å². The number of ether oxygens (including phenoxy) is 2. The Hall–Kier alpha value is -5.74. The molecule has 0 unspecified atom stereocenters. The lowest BCUT2D eigenvalue weighted by molar-refractivity contribution is 0.0725. The lowest BCUT2D eigenvalue weighted by Gasteiger charge is -2.34. The highest BCUT2D eigenvalue weighted by molar-refractivity contribution is 5.92. The van der Waals surface area contributed by atoms with Crippen molar-refractivity contribution < 1.29 is 19.1 Å². The van der Waals surface area contributed by atoms with Crippen LogP contribution >= 0.6 is 0 Å². The molecule has 1 aliphatic carbocycles. The lowest BCUT2D eigenvalue weighted by atomic mass is 9.68. The molecule has 0 amide bonds. The summed E-state index contributed by atoms with van der Waals surface area (Å²) in [5.74, 6) is 0.131. The highest BCUT2D eigenvalue weighted by Gasteiger charge is 2.45. The van der Waals surface area contributed by atoms with Gasteiger partial charge in [-0.2, -0.15) is 0 Å². The van der Waals surface area contributed by atoms with E-state index in [1.54, 1.807) is 24.3 Å². The van der Waals surface area contributed by atoms with Crippen LogP contribution in [0, 0.1) is 0 Å². The average molecular weight is 559 g/mol. The van der Waals surface area contributed by atoms with Crippen molar-refractivity contribution >= 4 is 11.9 Å². The predicted molar refractivity (Wildman–Crippen MR) is 167 cm³/mol. The van der Waals surface area contributed by atoms with Gasteiger partial charge >= 0.3 is 11.9 Å². The van der Waals surface area contributed by atoms with E-state index in [0.29, 0.717) is 22.6 Å². The summed E-state index contributed by atoms with van der Waals surface area (Å²) in [7, 11) is 0. The number of benzene rings is 6. The molecule has 4 nitrogen and oxygen atoms in total. The molecule has 7 rings (SSSR count). The first-order valence-corrected chi connectivity index (χ1v) is 14.1. The zero-order chi connectivity index (χ0) is 29.2. The highest BCUT2D eigenvalue weighted by Crippen LogP contribution is 2.56. The maximum Gasteiger partial charge on any atom is 0.343 e. The summed E-state index contributed by atoms with van der Waals surface area (Å²) in [6.07, 6.45) is 0. The summed E-state index contributed by atoms with van der Waals surface area (Å²) in [4.78, 5) is 25.4. The van der Waals surface area contributed by atoms with Gasteiger partial charge in [0.1, 0.15) is 11.5 Å². The second kappa shape index (κ2) is 10.9. The zero-order valence-corrected chi connectivity index (χ0v) is 23.1. The lowest BCUT2D eigenvalue weighted by Crippen LogP contribution is -2.28. The number of fused-ring (bicyclic) bond motifs is 3. The molecule has 43 heavy (non-hydrogen) atoms. The van der Waals surface area contributed by atoms with E-state index in [-0.39, 0.29) is 0 Å². The molecule has 0 saturated heterocycles. The van der Waals surface area contributed by atoms with Crippen LogP contribution in [0.2, 0.25) is 0 Å². The van der Waals surface area contributed by atoms with Gasteiger partial charge in [-0.25, -0.2) is 9.59 Å². The molecule has 0 N–H and O–H groups in total. The molecule has 0 atom stereocenters. The predicted octanol–water partition coefficient (Wildman–Crippen LogP) is 8.49. The van der Waals surface area contributed by atoms with Gasteiger partial charge in [0.05, 0.1) is 16.5 Å². The first kappa shape index (κ1) is 26.2. The van der Waals surface area contributed by atoms with Gasteiger partial charge in [-0.15, -0.1) is 0 Å². The summed E-state index contributed by atoms with van der Waals surface area (Å²) in [6, 6.07) is 50.3. The minimum absolute atomic E-state index is 0.403. The van der Waals surface area contributed by atoms with Crippen LogP contribution < -0.4 is 9.47 Å². The summed E-state index contributed by atoms with van der Waals surface area (Å²) in [5, 5.41) is 0. The van der Waals surface area contributed by atoms with E-state index in [4.69, 9.17) is 9.47 Å². The second-order valence-electron chi connectivity index (χ2n) is 10.4. The van der Waals surface area contributed by atoms with Crippen molar-refractivity contribution in [3.05, 3.63) is 191 Å². The van der Waals surface area contributed by atoms with E-state index in [1.165, 1.54) is 0 Å². The van der Waals surface area contributed by atoms with Crippen molar-refractivity contribution in [1.29, 1.82) is 0 Å². The van der Waals surface area contributed by atoms with Gasteiger partial charge in [0.15, 0.2) is 0 Å². The molecule has 1 aliphatic rings. The maximum absolute atomic E-state index is 12.7. The van der Waals surface area contributed by atoms with Crippen LogP contribution in [0.5, 0.6) is 11.5 Å². The first-order valence-electron chi connectivity index (χ1n) is 14.1. The van der Waals surface area contributed by atoms with Crippen LogP contribution in [-0.2, 0) is 5.41 Å². The molecule has 6 aromatic rings. The van der Waals surface area contributed by atoms with Gasteiger partial charge in [0, 0.05) is 0 Å². The van der Waals surface area contributed by atoms with Gasteiger partial charge in [0.25, 0.3) is 0 Å². The topological polar surface area (TPSA) is 52.6 Å². The number of hydrogen-bond donors (Lipinski definition) is 0. The molecule has 0 radical (unpaired) electrons. The summed E-state index contributed by atoms with van der Waals surface area (Å²) in [6.45, 7) is 0. The Morgan fingerprint density at radius 1 is 0.395 bits per heavy atom. The number of esters is 2. The average Bonchev–Trinajstić information content (AvgIpc) is 3.37. The number of hydrogen-bond acceptors (Lipinski definition) is 4. The number of carbonyl (C=O) groups is 2. The fourth-order valence-electron chi connectivity index (χ4n) is 6.05. The Morgan fingerprint density at radius 2 is 0.744 bits per heavy atom. The molecule has 0 saturated carbocycles. The molecule has 0 heterocycles. The molecule has 4 heteroatoms. The van der Waals surface area contributed by atoms with Crippen molar-refractivity contribution in [2.45, 2.75) is 5.41 Å². The summed E-state index contributed by atoms with van der Waals surface area (Å²) < 4.78 is 11.4. The van der Waals surface area contributed by atoms with Gasteiger partial charge in [-0.3, -0.25) is 0 Å². The van der Waals surface area contributed by atoms with Gasteiger partial charge in [-0.05, 0) is 81.9 Å². The molecule has 0 aliphatic heterocycles. The summed E-state index contributed by atoms with van der Waals surface area (Å²) in [5.41, 5.74) is 7.03. The highest BCUT2D eigenvalue weighted by atomic mass is 16.5. The fraction of sp³-hybridized carbons (Fsp3) is 0.0256. The van der Waals surface area contributed by atoms with E-state index in [0.717, 1.165) is 33.4 Å². The Balaban J connectivity index is 1.30. The number of rotatable bonds is 6. The van der Waals surface area contributed by atoms with Gasteiger partial charge < -0.3 is 9.47 Å². The van der Waals surface area contributed by atoms with Gasteiger partial charge in [-0.1, -0.05) is 109 Å². The maximum atomic E-state index is 12.7. The SMILES string of the molecule is O=C(Oc1ccc(C2(c3ccc(OC(=O)c4ccccc4)cc3)c3ccccc3-c3ccccc32)cc1)c1ccccc1. The number of carbonyl (C=O) groups excluding carboxylic acids is 2. The standard InChI is InChI=1S/C39H26O4/c40-37(27-11-3-1-4-12-27)42-31-23-19-29(20-24-31)39(35-17-9-7-15-33(35)34-16-8-10-18-36(34)39)30-21-25-32(26-22-30)43-38(41)28-13-5-2-6-14-28/h1-26H. The van der Waals surface area contributed by atoms with E-state index >= 15 is 0 Å². The Bertz CT molecular complexity index is 1780. The Kier molecular flexibility index (Phi) is 6.65. The van der Waals surface area contributed by atoms with Gasteiger partial charge in [0.2, 0.25) is 0 Å². The van der Waals surface area contributed by atoms with Crippen molar-refractivity contribution in [3.8, 4) is 22.6 Å². The Labute approximate surface area is 249 Å². The van der Waals surface area contributed by atoms with Crippen LogP contribution in [0.1, 0.15) is 43.0 Å². The largest absolute Gasteiger partial charge is 0.423 e. The molecule has 206 valence electrons. The zero-order valence-electron chi connectivity index (χ0n) is 23.1. The minimum Gasteiger partial charge on any atom is -0.423 e. The van der Waals surface area contributed by atoms with Crippen LogP contribution in [0.4, 0.5) is 0 Å². The molecule has 0 spiro atoms. The molecule has 0 fully saturated rings. The molecule has 0 aromatic heterocycles. The smallest absolute Gasteiger partial charge is 0.343 e. The third-order valence-electron chi connectivity index (χ3n) is 7.97. The van der Waals surface area contributed by atoms with Crippen LogP contribution in [0.25, 0.3) is 11.1 Å². The van der Waals surface area contributed by atoms with Crippen molar-refractivity contribution in [2.75, 3.05) is 0 Å². The minimum atomic E-state index is -0.642. The third kappa shape index (κ3) is 4.59. The normalized spacial score (nSPS) is 12.6. The fourth-order valence-corrected chi connectivity index (χ4v) is 6.05. The summed E-state index contributed by atoms with van der Waals surface area (Å²) >= 11 is 0. The Morgan fingerprint density at radius 3 is 1.14 bits per heavy atom. The monoisotopic (exact) mass is 558 g/mol.